The van der Waals surface area contributed by atoms with E-state index in [1.54, 1.807) is 35.0 Å². The molecular formula is C59H65Cl3F4KN4O8P. The Morgan fingerprint density at radius 2 is 1.04 bits per heavy atom. The van der Waals surface area contributed by atoms with Crippen LogP contribution in [0.2, 0.25) is 10.3 Å². The molecule has 2 aromatic heterocycles. The molecule has 0 aliphatic carbocycles. The van der Waals surface area contributed by atoms with E-state index in [1.807, 2.05) is 0 Å². The van der Waals surface area contributed by atoms with Crippen LogP contribution in [0.3, 0.4) is 0 Å². The first kappa shape index (κ1) is 73.2. The van der Waals surface area contributed by atoms with Gasteiger partial charge in [0, 0.05) is 50.9 Å². The second-order valence-corrected chi connectivity index (χ2v) is 21.8. The SMILES string of the molecule is C1CCOC1.C=COC.CC(=O)c1nn(Cc2cccc(F)c2F)c(Cl)c1C=O.CC(C)(C)[O-].COC=Cc1c(C(C)=O)nn(Cc2cccc(F)c2F)c1Cl.COC[P+](c1ccccc1)(c1ccccc1)c1ccccc1.[Cl-].[K+]. The van der Waals surface area contributed by atoms with Crippen molar-refractivity contribution >= 4 is 70.3 Å². The van der Waals surface area contributed by atoms with Crippen LogP contribution in [0.5, 0.6) is 0 Å². The van der Waals surface area contributed by atoms with Gasteiger partial charge < -0.3 is 36.5 Å². The number of ketones is 2. The van der Waals surface area contributed by atoms with Crippen LogP contribution in [0.4, 0.5) is 17.6 Å². The third kappa shape index (κ3) is 22.8. The Labute approximate surface area is 525 Å². The molecule has 0 saturated carbocycles. The van der Waals surface area contributed by atoms with Gasteiger partial charge in [0.15, 0.2) is 47.5 Å². The zero-order valence-corrected chi connectivity index (χ0v) is 52.5. The van der Waals surface area contributed by atoms with Crippen LogP contribution >= 0.6 is 30.5 Å². The Morgan fingerprint density at radius 3 is 1.32 bits per heavy atom. The fraction of sp³-hybridized carbons (Fsp3) is 0.271. The van der Waals surface area contributed by atoms with Crippen molar-refractivity contribution in [2.24, 2.45) is 0 Å². The number of carbonyl (C=O) groups excluding carboxylic acids is 3. The normalized spacial score (nSPS) is 11.3. The van der Waals surface area contributed by atoms with Gasteiger partial charge in [0.05, 0.1) is 45.4 Å². The third-order valence-electron chi connectivity index (χ3n) is 10.6. The van der Waals surface area contributed by atoms with Crippen molar-refractivity contribution in [1.29, 1.82) is 0 Å². The zero-order chi connectivity index (χ0) is 57.8. The van der Waals surface area contributed by atoms with E-state index in [0.717, 1.165) is 30.0 Å². The fourth-order valence-corrected chi connectivity index (χ4v) is 11.4. The Balaban J connectivity index is 0.000000528. The maximum Gasteiger partial charge on any atom is 1.00 e. The van der Waals surface area contributed by atoms with Crippen molar-refractivity contribution in [3.05, 3.63) is 214 Å². The molecule has 424 valence electrons. The molecule has 0 radical (unpaired) electrons. The minimum Gasteiger partial charge on any atom is -1.00 e. The maximum atomic E-state index is 13.7. The van der Waals surface area contributed by atoms with E-state index in [0.29, 0.717) is 18.2 Å². The number of Topliss-reactive ketones (excluding diaryl/α,β-unsaturated/α-hetero) is 2. The molecule has 0 atom stereocenters. The quantitative estimate of drug-likeness (QED) is 0.0305. The Hall–Kier alpha value is -4.85. The minimum absolute atomic E-state index is 0. The van der Waals surface area contributed by atoms with Crippen molar-refractivity contribution < 1.29 is 120 Å². The van der Waals surface area contributed by atoms with Crippen molar-refractivity contribution in [1.82, 2.24) is 19.6 Å². The zero-order valence-electron chi connectivity index (χ0n) is 46.2. The van der Waals surface area contributed by atoms with E-state index in [-0.39, 0.29) is 121 Å². The van der Waals surface area contributed by atoms with Gasteiger partial charge in [0.25, 0.3) is 0 Å². The largest absolute Gasteiger partial charge is 1.00 e. The van der Waals surface area contributed by atoms with Gasteiger partial charge >= 0.3 is 51.4 Å². The standard InChI is InChI=1S/C20H20OP.C15H13ClF2N2O2.C13H9ClF2N2O2.C4H8O.C4H9O.C3H6O.ClH.K/c1-21-17-22(18-11-5-2-6-12-18,19-13-7-3-8-14-19)20-15-9-4-10-16-20;1-9(21)14-11(6-7-22-2)15(16)20(19-14)8-10-4-3-5-12(17)13(10)18;1-7(20)12-9(6-19)13(14)18(17-12)5-8-3-2-4-10(15)11(8)16;1-2-4-5-3-1;1-4(2,3)5;1-3-4-2;;/h2-16H,17H2,1H3;3-7H,8H2,1-2H3;2-4,6H,5H2,1H3;1-4H2;1-3H3;3H,1H2,2H3;1H;/q+1;;;;-1;;;+1/p-1. The van der Waals surface area contributed by atoms with Crippen LogP contribution in [-0.4, -0.2) is 83.9 Å². The summed E-state index contributed by atoms with van der Waals surface area (Å²) in [5.41, 5.74) is -0.301. The summed E-state index contributed by atoms with van der Waals surface area (Å²) in [7, 11) is 3.03. The van der Waals surface area contributed by atoms with E-state index < -0.39 is 41.9 Å². The van der Waals surface area contributed by atoms with Gasteiger partial charge in [-0.1, -0.05) is 129 Å². The third-order valence-corrected chi connectivity index (χ3v) is 15.6. The van der Waals surface area contributed by atoms with E-state index in [4.69, 9.17) is 37.4 Å². The summed E-state index contributed by atoms with van der Waals surface area (Å²) in [4.78, 5) is 33.9. The first-order valence-electron chi connectivity index (χ1n) is 24.2. The first-order chi connectivity index (χ1) is 37.2. The number of hydrogen-bond donors (Lipinski definition) is 0. The van der Waals surface area contributed by atoms with E-state index in [2.05, 4.69) is 113 Å². The van der Waals surface area contributed by atoms with Crippen LogP contribution in [0.25, 0.3) is 6.08 Å². The Kier molecular flexibility index (Phi) is 34.8. The number of benzene rings is 5. The number of hydrogen-bond acceptors (Lipinski definition) is 10. The number of ether oxygens (including phenoxy) is 4. The Morgan fingerprint density at radius 1 is 0.675 bits per heavy atom. The number of halogens is 7. The molecule has 7 aromatic rings. The predicted molar refractivity (Wildman–Crippen MR) is 301 cm³/mol. The average molecular weight is 1210 g/mol. The summed E-state index contributed by atoms with van der Waals surface area (Å²) in [5, 5.41) is 22.2. The minimum atomic E-state index is -1.78. The molecule has 1 aliphatic rings. The molecule has 0 bridgehead atoms. The van der Waals surface area contributed by atoms with Crippen LogP contribution < -0.4 is 84.8 Å². The molecule has 8 rings (SSSR count). The topological polar surface area (TPSA) is 147 Å². The predicted octanol–water partition coefficient (Wildman–Crippen LogP) is 5.87. The van der Waals surface area contributed by atoms with Crippen molar-refractivity contribution in [3.63, 3.8) is 0 Å². The monoisotopic (exact) mass is 1210 g/mol. The fourth-order valence-electron chi connectivity index (χ4n) is 7.11. The molecule has 1 fully saturated rings. The van der Waals surface area contributed by atoms with Crippen LogP contribution in [-0.2, 0) is 32.0 Å². The van der Waals surface area contributed by atoms with E-state index >= 15 is 0 Å². The molecule has 21 heteroatoms. The molecule has 5 aromatic carbocycles. The number of nitrogens with zero attached hydrogens (tertiary/aromatic N) is 4. The Bertz CT molecular complexity index is 2910. The summed E-state index contributed by atoms with van der Waals surface area (Å²) >= 11 is 12.1. The molecule has 12 nitrogen and oxygen atoms in total. The van der Waals surface area contributed by atoms with Crippen LogP contribution in [0.1, 0.15) is 95.5 Å². The first-order valence-corrected chi connectivity index (χ1v) is 26.9. The van der Waals surface area contributed by atoms with Gasteiger partial charge in [-0.25, -0.2) is 26.9 Å². The van der Waals surface area contributed by atoms with Gasteiger partial charge in [-0.05, 0) is 67.4 Å². The number of methoxy groups -OCH3 is 3. The average Bonchev–Trinajstić information content (AvgIpc) is 4.19. The van der Waals surface area contributed by atoms with Gasteiger partial charge in [0.2, 0.25) is 0 Å². The maximum absolute atomic E-state index is 13.7. The summed E-state index contributed by atoms with van der Waals surface area (Å²) in [5.74, 6) is -4.66. The van der Waals surface area contributed by atoms with Gasteiger partial charge in [-0.3, -0.25) is 14.4 Å². The second kappa shape index (κ2) is 38.0. The molecule has 3 heterocycles. The summed E-state index contributed by atoms with van der Waals surface area (Å²) < 4.78 is 75.7. The molecule has 0 amide bonds. The molecule has 0 unspecified atom stereocenters. The molecule has 0 spiro atoms. The van der Waals surface area contributed by atoms with Gasteiger partial charge in [-0.15, -0.1) is 5.60 Å². The van der Waals surface area contributed by atoms with Gasteiger partial charge in [-0.2, -0.15) is 10.2 Å². The summed E-state index contributed by atoms with van der Waals surface area (Å²) in [6, 6.07) is 39.8. The molecule has 80 heavy (non-hydrogen) atoms. The summed E-state index contributed by atoms with van der Waals surface area (Å²) in [6.07, 6.45) is 7.89. The molecular weight excluding hydrogens is 1150 g/mol. The summed E-state index contributed by atoms with van der Waals surface area (Å²) in [6.45, 7) is 12.5. The van der Waals surface area contributed by atoms with Crippen LogP contribution in [0, 0.1) is 23.3 Å². The van der Waals surface area contributed by atoms with E-state index in [1.165, 1.54) is 97.3 Å². The van der Waals surface area contributed by atoms with Crippen LogP contribution in [0.15, 0.2) is 146 Å². The van der Waals surface area contributed by atoms with Crippen molar-refractivity contribution in [2.75, 3.05) is 40.9 Å². The van der Waals surface area contributed by atoms with Gasteiger partial charge in [0.1, 0.15) is 44.9 Å². The van der Waals surface area contributed by atoms with Crippen molar-refractivity contribution in [3.8, 4) is 0 Å². The number of aromatic nitrogens is 4. The molecule has 1 aliphatic heterocycles. The second-order valence-electron chi connectivity index (χ2n) is 17.7. The van der Waals surface area contributed by atoms with Crippen molar-refractivity contribution in [2.45, 2.75) is 66.2 Å². The van der Waals surface area contributed by atoms with E-state index in [9.17, 15) is 37.1 Å². The number of aldehydes is 1. The number of rotatable bonds is 15. The number of carbonyl (C=O) groups is 3. The molecule has 0 N–H and O–H groups in total. The smallest absolute Gasteiger partial charge is 1.00 e. The molecule has 1 saturated heterocycles.